The van der Waals surface area contributed by atoms with Crippen LogP contribution in [0.15, 0.2) is 0 Å². The van der Waals surface area contributed by atoms with E-state index in [1.807, 2.05) is 6.92 Å². The number of aryl methyl sites for hydroxylation is 1. The first-order chi connectivity index (χ1) is 8.04. The minimum atomic E-state index is -0.864. The van der Waals surface area contributed by atoms with Crippen LogP contribution >= 0.6 is 0 Å². The number of aliphatic carboxylic acids is 1. The van der Waals surface area contributed by atoms with Gasteiger partial charge in [-0.05, 0) is 6.42 Å². The highest BCUT2D eigenvalue weighted by Crippen LogP contribution is 2.00. The van der Waals surface area contributed by atoms with E-state index in [4.69, 9.17) is 5.11 Å². The molecule has 0 spiro atoms. The van der Waals surface area contributed by atoms with Gasteiger partial charge < -0.3 is 10.0 Å². The van der Waals surface area contributed by atoms with E-state index in [2.05, 4.69) is 15.2 Å². The van der Waals surface area contributed by atoms with Gasteiger partial charge in [0.25, 0.3) is 5.91 Å². The van der Waals surface area contributed by atoms with Gasteiger partial charge in [-0.15, -0.1) is 5.10 Å². The number of aromatic nitrogens is 3. The number of nitrogens with one attached hydrogen (secondary N) is 1. The van der Waals surface area contributed by atoms with Gasteiger partial charge in [-0.25, -0.2) is 4.98 Å². The van der Waals surface area contributed by atoms with Crippen LogP contribution in [0.4, 0.5) is 0 Å². The second-order valence-electron chi connectivity index (χ2n) is 3.68. The largest absolute Gasteiger partial charge is 0.481 e. The van der Waals surface area contributed by atoms with Gasteiger partial charge in [-0.2, -0.15) is 0 Å². The summed E-state index contributed by atoms with van der Waals surface area (Å²) in [6.45, 7) is 2.28. The molecule has 0 aliphatic rings. The highest BCUT2D eigenvalue weighted by atomic mass is 16.4. The lowest BCUT2D eigenvalue weighted by Gasteiger charge is -2.13. The third-order valence-corrected chi connectivity index (χ3v) is 2.29. The highest BCUT2D eigenvalue weighted by molar-refractivity contribution is 5.90. The SMILES string of the molecule is CCc1nc(C(=O)N(C)CCCC(=O)O)n[nH]1. The number of rotatable bonds is 6. The van der Waals surface area contributed by atoms with Gasteiger partial charge in [-0.3, -0.25) is 14.7 Å². The molecule has 1 aromatic rings. The van der Waals surface area contributed by atoms with Crippen LogP contribution in [0.3, 0.4) is 0 Å². The Hall–Kier alpha value is -1.92. The number of carboxylic acids is 1. The molecule has 2 N–H and O–H groups in total. The zero-order chi connectivity index (χ0) is 12.8. The topological polar surface area (TPSA) is 99.2 Å². The number of hydrogen-bond acceptors (Lipinski definition) is 4. The Labute approximate surface area is 98.8 Å². The molecule has 0 bridgehead atoms. The molecule has 0 aromatic carbocycles. The Bertz CT molecular complexity index is 402. The fraction of sp³-hybridized carbons (Fsp3) is 0.600. The van der Waals surface area contributed by atoms with Gasteiger partial charge in [0, 0.05) is 26.4 Å². The molecule has 0 unspecified atom stereocenters. The maximum absolute atomic E-state index is 11.8. The highest BCUT2D eigenvalue weighted by Gasteiger charge is 2.16. The van der Waals surface area contributed by atoms with Crippen LogP contribution in [0.2, 0.25) is 0 Å². The average Bonchev–Trinajstić information content (AvgIpc) is 2.75. The van der Waals surface area contributed by atoms with Crippen LogP contribution in [-0.4, -0.2) is 50.7 Å². The van der Waals surface area contributed by atoms with E-state index in [1.165, 1.54) is 4.90 Å². The number of nitrogens with zero attached hydrogens (tertiary/aromatic N) is 3. The van der Waals surface area contributed by atoms with Crippen LogP contribution < -0.4 is 0 Å². The smallest absolute Gasteiger partial charge is 0.303 e. The number of carboxylic acid groups (broad SMARTS) is 1. The van der Waals surface area contributed by atoms with E-state index in [0.29, 0.717) is 25.2 Å². The molecule has 0 radical (unpaired) electrons. The average molecular weight is 240 g/mol. The van der Waals surface area contributed by atoms with Crippen molar-refractivity contribution in [2.75, 3.05) is 13.6 Å². The van der Waals surface area contributed by atoms with Crippen molar-refractivity contribution in [1.29, 1.82) is 0 Å². The minimum Gasteiger partial charge on any atom is -0.481 e. The lowest BCUT2D eigenvalue weighted by Crippen LogP contribution is -2.29. The summed E-state index contributed by atoms with van der Waals surface area (Å²) in [5, 5.41) is 15.0. The van der Waals surface area contributed by atoms with Gasteiger partial charge >= 0.3 is 5.97 Å². The molecule has 0 fully saturated rings. The Balaban J connectivity index is 2.48. The Kier molecular flexibility index (Phi) is 4.62. The van der Waals surface area contributed by atoms with E-state index in [-0.39, 0.29) is 18.2 Å². The summed E-state index contributed by atoms with van der Waals surface area (Å²) in [5.41, 5.74) is 0. The predicted molar refractivity (Wildman–Crippen MR) is 59.6 cm³/mol. The van der Waals surface area contributed by atoms with Crippen molar-refractivity contribution in [3.05, 3.63) is 11.6 Å². The Morgan fingerprint density at radius 1 is 1.47 bits per heavy atom. The van der Waals surface area contributed by atoms with E-state index < -0.39 is 5.97 Å². The van der Waals surface area contributed by atoms with Gasteiger partial charge in [0.05, 0.1) is 0 Å². The molecule has 0 atom stereocenters. The summed E-state index contributed by atoms with van der Waals surface area (Å²) in [4.78, 5) is 27.6. The van der Waals surface area contributed by atoms with Crippen LogP contribution in [0.25, 0.3) is 0 Å². The number of hydrogen-bond donors (Lipinski definition) is 2. The molecule has 0 saturated heterocycles. The van der Waals surface area contributed by atoms with Crippen LogP contribution in [0, 0.1) is 0 Å². The molecule has 0 saturated carbocycles. The van der Waals surface area contributed by atoms with Crippen LogP contribution in [0.1, 0.15) is 36.2 Å². The molecule has 7 nitrogen and oxygen atoms in total. The van der Waals surface area contributed by atoms with Crippen molar-refractivity contribution in [3.8, 4) is 0 Å². The monoisotopic (exact) mass is 240 g/mol. The second-order valence-corrected chi connectivity index (χ2v) is 3.68. The van der Waals surface area contributed by atoms with Crippen molar-refractivity contribution >= 4 is 11.9 Å². The molecule has 17 heavy (non-hydrogen) atoms. The number of H-pyrrole nitrogens is 1. The first-order valence-electron chi connectivity index (χ1n) is 5.43. The molecule has 0 aliphatic heterocycles. The predicted octanol–water partition coefficient (Wildman–Crippen LogP) is 0.304. The third-order valence-electron chi connectivity index (χ3n) is 2.29. The zero-order valence-electron chi connectivity index (χ0n) is 9.93. The first kappa shape index (κ1) is 13.1. The van der Waals surface area contributed by atoms with E-state index >= 15 is 0 Å². The van der Waals surface area contributed by atoms with Crippen molar-refractivity contribution in [1.82, 2.24) is 20.1 Å². The molecule has 94 valence electrons. The minimum absolute atomic E-state index is 0.0474. The van der Waals surface area contributed by atoms with Crippen molar-refractivity contribution in [2.45, 2.75) is 26.2 Å². The van der Waals surface area contributed by atoms with E-state index in [0.717, 1.165) is 0 Å². The quantitative estimate of drug-likeness (QED) is 0.745. The summed E-state index contributed by atoms with van der Waals surface area (Å²) in [6, 6.07) is 0. The first-order valence-corrected chi connectivity index (χ1v) is 5.43. The van der Waals surface area contributed by atoms with Crippen molar-refractivity contribution in [2.24, 2.45) is 0 Å². The number of carbonyl (C=O) groups excluding carboxylic acids is 1. The summed E-state index contributed by atoms with van der Waals surface area (Å²) in [5.74, 6) is -0.379. The normalized spacial score (nSPS) is 10.2. The Morgan fingerprint density at radius 2 is 2.18 bits per heavy atom. The molecule has 7 heteroatoms. The van der Waals surface area contributed by atoms with Crippen molar-refractivity contribution in [3.63, 3.8) is 0 Å². The summed E-state index contributed by atoms with van der Waals surface area (Å²) in [7, 11) is 1.60. The fourth-order valence-corrected chi connectivity index (χ4v) is 1.29. The van der Waals surface area contributed by atoms with Gasteiger partial charge in [0.15, 0.2) is 0 Å². The maximum atomic E-state index is 11.8. The fourth-order valence-electron chi connectivity index (χ4n) is 1.29. The summed E-state index contributed by atoms with van der Waals surface area (Å²) in [6.07, 6.45) is 1.15. The lowest BCUT2D eigenvalue weighted by atomic mass is 10.3. The third kappa shape index (κ3) is 3.86. The molecule has 0 aliphatic carbocycles. The van der Waals surface area contributed by atoms with Gasteiger partial charge in [0.2, 0.25) is 5.82 Å². The van der Waals surface area contributed by atoms with E-state index in [1.54, 1.807) is 7.05 Å². The number of carbonyl (C=O) groups is 2. The number of aromatic amines is 1. The summed E-state index contributed by atoms with van der Waals surface area (Å²) >= 11 is 0. The van der Waals surface area contributed by atoms with Gasteiger partial charge in [-0.1, -0.05) is 6.92 Å². The molecule has 1 amide bonds. The lowest BCUT2D eigenvalue weighted by molar-refractivity contribution is -0.137. The second kappa shape index (κ2) is 5.97. The van der Waals surface area contributed by atoms with Crippen molar-refractivity contribution < 1.29 is 14.7 Å². The van der Waals surface area contributed by atoms with Crippen LogP contribution in [-0.2, 0) is 11.2 Å². The zero-order valence-corrected chi connectivity index (χ0v) is 9.93. The molecule has 1 rings (SSSR count). The molecule has 1 aromatic heterocycles. The number of amides is 1. The maximum Gasteiger partial charge on any atom is 0.303 e. The van der Waals surface area contributed by atoms with Gasteiger partial charge in [0.1, 0.15) is 5.82 Å². The summed E-state index contributed by atoms with van der Waals surface area (Å²) < 4.78 is 0. The standard InChI is InChI=1S/C10H16N4O3/c1-3-7-11-9(13-12-7)10(17)14(2)6-4-5-8(15)16/h3-6H2,1-2H3,(H,15,16)(H,11,12,13). The molecular formula is C10H16N4O3. The van der Waals surface area contributed by atoms with E-state index in [9.17, 15) is 9.59 Å². The molecule has 1 heterocycles. The Morgan fingerprint density at radius 3 is 2.71 bits per heavy atom. The van der Waals surface area contributed by atoms with Crippen LogP contribution in [0.5, 0.6) is 0 Å². The molecular weight excluding hydrogens is 224 g/mol.